The molecule has 0 atom stereocenters. The third-order valence-electron chi connectivity index (χ3n) is 2.81. The molecule has 2 aromatic rings. The summed E-state index contributed by atoms with van der Waals surface area (Å²) in [5.41, 5.74) is 7.72. The molecule has 0 fully saturated rings. The lowest BCUT2D eigenvalue weighted by atomic mass is 10.1. The third-order valence-corrected chi connectivity index (χ3v) is 2.81. The monoisotopic (exact) mass is 319 g/mol. The highest BCUT2D eigenvalue weighted by Gasteiger charge is 2.23. The highest BCUT2D eigenvalue weighted by Crippen LogP contribution is 2.28. The Kier molecular flexibility index (Phi) is 5.29. The van der Waals surface area contributed by atoms with E-state index in [9.17, 15) is 8.78 Å². The van der Waals surface area contributed by atoms with E-state index in [0.717, 1.165) is 6.92 Å². The molecule has 0 spiro atoms. The molecule has 120 valence electrons. The fraction of sp³-hybridized carbons (Fsp3) is 0.200. The van der Waals surface area contributed by atoms with Gasteiger partial charge in [0, 0.05) is 36.8 Å². The Morgan fingerprint density at radius 3 is 2.74 bits per heavy atom. The van der Waals surface area contributed by atoms with Crippen LogP contribution in [0, 0.1) is 5.53 Å². The molecular formula is C15H15F2N5O. The van der Waals surface area contributed by atoms with Gasteiger partial charge in [0.05, 0.1) is 0 Å². The van der Waals surface area contributed by atoms with E-state index in [-0.39, 0.29) is 23.9 Å². The van der Waals surface area contributed by atoms with Gasteiger partial charge in [-0.2, -0.15) is 5.11 Å². The van der Waals surface area contributed by atoms with Crippen molar-refractivity contribution in [2.75, 3.05) is 11.9 Å². The summed E-state index contributed by atoms with van der Waals surface area (Å²) in [6.07, 6.45) is 4.46. The first-order chi connectivity index (χ1) is 11.0. The summed E-state index contributed by atoms with van der Waals surface area (Å²) in [6.45, 7) is 0.810. The minimum absolute atomic E-state index is 0.0237. The van der Waals surface area contributed by atoms with Crippen LogP contribution in [0.5, 0.6) is 6.01 Å². The molecule has 0 amide bonds. The van der Waals surface area contributed by atoms with E-state index in [1.165, 1.54) is 36.8 Å². The molecule has 0 unspecified atom stereocenters. The van der Waals surface area contributed by atoms with Gasteiger partial charge in [0.25, 0.3) is 5.92 Å². The van der Waals surface area contributed by atoms with Crippen molar-refractivity contribution in [3.8, 4) is 6.01 Å². The maximum atomic E-state index is 13.3. The van der Waals surface area contributed by atoms with E-state index in [1.54, 1.807) is 12.1 Å². The first kappa shape index (κ1) is 16.5. The fourth-order valence-electron chi connectivity index (χ4n) is 1.65. The number of nitrogens with one attached hydrogen (secondary N) is 2. The zero-order valence-electron chi connectivity index (χ0n) is 12.3. The Bertz CT molecular complexity index is 686. The molecule has 23 heavy (non-hydrogen) atoms. The number of hydrogen-bond acceptors (Lipinski definition) is 6. The highest BCUT2D eigenvalue weighted by molar-refractivity contribution is 5.49. The second-order valence-electron chi connectivity index (χ2n) is 4.68. The van der Waals surface area contributed by atoms with Gasteiger partial charge in [-0.1, -0.05) is 12.1 Å². The second kappa shape index (κ2) is 7.39. The zero-order valence-corrected chi connectivity index (χ0v) is 12.3. The largest absolute Gasteiger partial charge is 0.457 e. The quantitative estimate of drug-likeness (QED) is 0.757. The zero-order chi connectivity index (χ0) is 16.7. The summed E-state index contributed by atoms with van der Waals surface area (Å²) in [5.74, 6) is -2.92. The van der Waals surface area contributed by atoms with Crippen LogP contribution >= 0.6 is 0 Å². The Morgan fingerprint density at radius 2 is 2.09 bits per heavy atom. The lowest BCUT2D eigenvalue weighted by Crippen LogP contribution is -2.07. The van der Waals surface area contributed by atoms with Crippen LogP contribution in [0.25, 0.3) is 0 Å². The van der Waals surface area contributed by atoms with Gasteiger partial charge in [-0.05, 0) is 18.2 Å². The van der Waals surface area contributed by atoms with Crippen LogP contribution in [-0.2, 0) is 5.92 Å². The summed E-state index contributed by atoms with van der Waals surface area (Å²) in [4.78, 5) is 7.75. The Balaban J connectivity index is 2.01. The standard InChI is InChI=1S/C15H15F2N5O/c1-15(16,17)11-4-2-5-12(8-11)21-9-13(22-18)10-23-14-19-6-3-7-20-14/h2-9,18,21H,10H2,1H3/b13-9-,22-18?. The van der Waals surface area contributed by atoms with E-state index < -0.39 is 5.92 Å². The van der Waals surface area contributed by atoms with Crippen molar-refractivity contribution in [1.29, 1.82) is 5.53 Å². The van der Waals surface area contributed by atoms with Gasteiger partial charge in [0.2, 0.25) is 0 Å². The van der Waals surface area contributed by atoms with E-state index in [2.05, 4.69) is 20.4 Å². The van der Waals surface area contributed by atoms with Crippen molar-refractivity contribution >= 4 is 5.69 Å². The van der Waals surface area contributed by atoms with Crippen LogP contribution in [0.4, 0.5) is 14.5 Å². The van der Waals surface area contributed by atoms with Gasteiger partial charge in [-0.15, -0.1) is 0 Å². The molecule has 1 aromatic heterocycles. The topological polar surface area (TPSA) is 83.2 Å². The van der Waals surface area contributed by atoms with Gasteiger partial charge >= 0.3 is 6.01 Å². The first-order valence-corrected chi connectivity index (χ1v) is 6.70. The van der Waals surface area contributed by atoms with Gasteiger partial charge in [-0.25, -0.2) is 24.3 Å². The van der Waals surface area contributed by atoms with Crippen molar-refractivity contribution in [3.63, 3.8) is 0 Å². The molecule has 8 heteroatoms. The van der Waals surface area contributed by atoms with Crippen LogP contribution in [0.3, 0.4) is 0 Å². The molecular weight excluding hydrogens is 304 g/mol. The van der Waals surface area contributed by atoms with Crippen LogP contribution in [0.15, 0.2) is 59.7 Å². The maximum absolute atomic E-state index is 13.3. The van der Waals surface area contributed by atoms with Crippen LogP contribution < -0.4 is 10.1 Å². The number of benzene rings is 1. The Morgan fingerprint density at radius 1 is 1.35 bits per heavy atom. The summed E-state index contributed by atoms with van der Waals surface area (Å²) in [5, 5.41) is 6.12. The number of rotatable bonds is 7. The first-order valence-electron chi connectivity index (χ1n) is 6.70. The number of hydrogen-bond donors (Lipinski definition) is 2. The maximum Gasteiger partial charge on any atom is 0.316 e. The molecule has 0 aliphatic carbocycles. The highest BCUT2D eigenvalue weighted by atomic mass is 19.3. The molecule has 2 rings (SSSR count). The lowest BCUT2D eigenvalue weighted by Gasteiger charge is -2.12. The van der Waals surface area contributed by atoms with Crippen molar-refractivity contribution < 1.29 is 13.5 Å². The molecule has 0 saturated carbocycles. The predicted octanol–water partition coefficient (Wildman–Crippen LogP) is 3.95. The van der Waals surface area contributed by atoms with Gasteiger partial charge in [0.15, 0.2) is 0 Å². The smallest absolute Gasteiger partial charge is 0.316 e. The average molecular weight is 319 g/mol. The summed E-state index contributed by atoms with van der Waals surface area (Å²) < 4.78 is 31.8. The number of nitrogens with zero attached hydrogens (tertiary/aromatic N) is 3. The molecule has 0 radical (unpaired) electrons. The minimum atomic E-state index is -2.92. The summed E-state index contributed by atoms with van der Waals surface area (Å²) >= 11 is 0. The minimum Gasteiger partial charge on any atom is -0.457 e. The third kappa shape index (κ3) is 5.10. The summed E-state index contributed by atoms with van der Waals surface area (Å²) in [6, 6.07) is 7.65. The molecule has 0 bridgehead atoms. The van der Waals surface area contributed by atoms with Crippen LogP contribution in [0.2, 0.25) is 0 Å². The molecule has 0 saturated heterocycles. The molecule has 1 heterocycles. The van der Waals surface area contributed by atoms with Crippen molar-refractivity contribution in [2.24, 2.45) is 5.11 Å². The van der Waals surface area contributed by atoms with Crippen molar-refractivity contribution in [1.82, 2.24) is 9.97 Å². The molecule has 6 nitrogen and oxygen atoms in total. The van der Waals surface area contributed by atoms with Crippen LogP contribution in [0.1, 0.15) is 12.5 Å². The van der Waals surface area contributed by atoms with Crippen LogP contribution in [-0.4, -0.2) is 16.6 Å². The Labute approximate surface area is 131 Å². The van der Waals surface area contributed by atoms with E-state index in [1.807, 2.05) is 0 Å². The molecule has 1 aromatic carbocycles. The Hall–Kier alpha value is -2.90. The van der Waals surface area contributed by atoms with Gasteiger partial charge < -0.3 is 10.1 Å². The second-order valence-corrected chi connectivity index (χ2v) is 4.68. The number of halogens is 2. The lowest BCUT2D eigenvalue weighted by molar-refractivity contribution is 0.0175. The number of ether oxygens (including phenoxy) is 1. The summed E-state index contributed by atoms with van der Waals surface area (Å²) in [7, 11) is 0. The molecule has 0 aliphatic heterocycles. The molecule has 0 aliphatic rings. The number of anilines is 1. The number of aromatic nitrogens is 2. The van der Waals surface area contributed by atoms with E-state index >= 15 is 0 Å². The van der Waals surface area contributed by atoms with Gasteiger partial charge in [-0.3, -0.25) is 0 Å². The van der Waals surface area contributed by atoms with E-state index in [4.69, 9.17) is 10.3 Å². The van der Waals surface area contributed by atoms with Gasteiger partial charge in [0.1, 0.15) is 12.3 Å². The normalized spacial score (nSPS) is 11.9. The number of alkyl halides is 2. The average Bonchev–Trinajstić information content (AvgIpc) is 2.55. The fourth-order valence-corrected chi connectivity index (χ4v) is 1.65. The van der Waals surface area contributed by atoms with Crippen molar-refractivity contribution in [3.05, 3.63) is 60.2 Å². The SMILES string of the molecule is CC(F)(F)c1cccc(N/C=C(/COc2ncccn2)N=N)c1. The van der Waals surface area contributed by atoms with E-state index in [0.29, 0.717) is 5.69 Å². The predicted molar refractivity (Wildman–Crippen MR) is 80.4 cm³/mol. The molecule has 2 N–H and O–H groups in total. The van der Waals surface area contributed by atoms with Crippen molar-refractivity contribution in [2.45, 2.75) is 12.8 Å².